The van der Waals surface area contributed by atoms with Crippen LogP contribution in [0.5, 0.6) is 0 Å². The van der Waals surface area contributed by atoms with Crippen LogP contribution in [0, 0.1) is 5.82 Å². The summed E-state index contributed by atoms with van der Waals surface area (Å²) >= 11 is 4.11. The Labute approximate surface area is 197 Å². The van der Waals surface area contributed by atoms with Crippen LogP contribution in [0.1, 0.15) is 43.9 Å². The monoisotopic (exact) mass is 481 g/mol. The first-order chi connectivity index (χ1) is 15.3. The Morgan fingerprint density at radius 2 is 1.85 bits per heavy atom. The average Bonchev–Trinajstić information content (AvgIpc) is 2.70. The van der Waals surface area contributed by atoms with Crippen molar-refractivity contribution in [2.45, 2.75) is 44.8 Å². The minimum absolute atomic E-state index is 0.0916. The quantitative estimate of drug-likeness (QED) is 0.199. The summed E-state index contributed by atoms with van der Waals surface area (Å²) in [5, 5.41) is 40.4. The third-order valence-corrected chi connectivity index (χ3v) is 5.16. The number of aliphatic hydroxyl groups is 2. The number of carboxylic acids is 1. The van der Waals surface area contributed by atoms with E-state index in [1.54, 1.807) is 25.3 Å². The van der Waals surface area contributed by atoms with E-state index in [-0.39, 0.29) is 18.3 Å². The first-order valence-corrected chi connectivity index (χ1v) is 10.7. The van der Waals surface area contributed by atoms with Gasteiger partial charge in [-0.25, -0.2) is 14.4 Å². The first-order valence-electron chi connectivity index (χ1n) is 10.3. The third-order valence-electron chi connectivity index (χ3n) is 4.89. The number of aliphatic carboxylic acids is 1. The van der Waals surface area contributed by atoms with Crippen molar-refractivity contribution in [3.8, 4) is 11.3 Å². The number of benzene rings is 1. The molecule has 0 aliphatic rings. The highest BCUT2D eigenvalue weighted by Gasteiger charge is 2.27. The highest BCUT2D eigenvalue weighted by molar-refractivity contribution is 7.74. The van der Waals surface area contributed by atoms with Crippen molar-refractivity contribution in [1.82, 2.24) is 9.97 Å². The summed E-state index contributed by atoms with van der Waals surface area (Å²) in [7, 11) is 2.97. The molecule has 0 aliphatic carbocycles. The second-order valence-corrected chi connectivity index (χ2v) is 8.90. The number of hydrogen-bond donors (Lipinski definition) is 5. The summed E-state index contributed by atoms with van der Waals surface area (Å²) in [6.45, 7) is 3.83. The molecule has 0 saturated heterocycles. The lowest BCUT2D eigenvalue weighted by molar-refractivity contribution is -0.979. The summed E-state index contributed by atoms with van der Waals surface area (Å²) in [4.78, 5) is 19.9. The lowest BCUT2D eigenvalue weighted by Gasteiger charge is -2.28. The fraction of sp³-hybridized carbons (Fsp3) is 0.409. The first kappa shape index (κ1) is 26.7. The van der Waals surface area contributed by atoms with Crippen LogP contribution in [-0.2, 0) is 4.79 Å². The Hall–Kier alpha value is -2.57. The minimum atomic E-state index is -1.20. The second kappa shape index (κ2) is 11.0. The van der Waals surface area contributed by atoms with Gasteiger partial charge in [0, 0.05) is 17.5 Å². The fourth-order valence-electron chi connectivity index (χ4n) is 3.07. The van der Waals surface area contributed by atoms with Gasteiger partial charge in [-0.1, -0.05) is 26.0 Å². The fourth-order valence-corrected chi connectivity index (χ4v) is 3.15. The Kier molecular flexibility index (Phi) is 8.92. The molecule has 180 valence electrons. The standard InChI is InChI=1S/C22H29FN4O5S/c1-13(2)20-18(10-9-16(28)11-17(29)12-19(30)31)21(14-5-7-15(23)8-6-14)25-22(24-20)26(3)27(4,32)33/h5-10,13,16-17,28-29,32-33H,11-12H2,1-4H3/p+1/b10-9+. The topological polar surface area (TPSA) is 127 Å². The summed E-state index contributed by atoms with van der Waals surface area (Å²) < 4.78 is 12.7. The molecule has 2 aromatic rings. The minimum Gasteiger partial charge on any atom is -0.481 e. The molecule has 0 fully saturated rings. The number of carboxylic acid groups (broad SMARTS) is 1. The molecule has 0 spiro atoms. The molecule has 4 N–H and O–H groups in total. The van der Waals surface area contributed by atoms with Crippen molar-refractivity contribution in [3.05, 3.63) is 47.4 Å². The molecule has 1 aromatic heterocycles. The van der Waals surface area contributed by atoms with E-state index in [1.807, 2.05) is 13.8 Å². The Balaban J connectivity index is 2.59. The normalized spacial score (nSPS) is 15.5. The molecule has 1 heterocycles. The van der Waals surface area contributed by atoms with E-state index >= 15 is 0 Å². The molecule has 3 unspecified atom stereocenters. The van der Waals surface area contributed by atoms with Gasteiger partial charge in [0.05, 0.1) is 37.1 Å². The number of hydrogen-bond acceptors (Lipinski definition) is 8. The van der Waals surface area contributed by atoms with Crippen LogP contribution < -0.4 is 5.01 Å². The number of halogens is 1. The molecule has 9 nitrogen and oxygen atoms in total. The maximum atomic E-state index is 13.5. The molecule has 0 radical (unpaired) electrons. The molecule has 0 aliphatic heterocycles. The largest absolute Gasteiger partial charge is 0.481 e. The van der Waals surface area contributed by atoms with Gasteiger partial charge in [-0.3, -0.25) is 4.79 Å². The molecular formula is C22H30FN4O5S+. The van der Waals surface area contributed by atoms with Crippen molar-refractivity contribution in [3.63, 3.8) is 0 Å². The molecule has 0 amide bonds. The maximum Gasteiger partial charge on any atom is 0.305 e. The van der Waals surface area contributed by atoms with E-state index in [2.05, 4.69) is 22.8 Å². The summed E-state index contributed by atoms with van der Waals surface area (Å²) in [5.41, 5.74) is 2.18. The van der Waals surface area contributed by atoms with Gasteiger partial charge < -0.3 is 15.3 Å². The number of nitrogens with zero attached hydrogens (tertiary/aromatic N) is 4. The molecule has 0 bridgehead atoms. The number of anilines is 1. The summed E-state index contributed by atoms with van der Waals surface area (Å²) in [6.07, 6.45) is 0.0757. The number of aromatic nitrogens is 2. The lowest BCUT2D eigenvalue weighted by Crippen LogP contribution is -2.46. The Morgan fingerprint density at radius 1 is 1.24 bits per heavy atom. The van der Waals surface area contributed by atoms with Gasteiger partial charge >= 0.3 is 5.97 Å². The van der Waals surface area contributed by atoms with Crippen molar-refractivity contribution in [2.24, 2.45) is 0 Å². The molecular weight excluding hydrogens is 451 g/mol. The van der Waals surface area contributed by atoms with Gasteiger partial charge in [0.1, 0.15) is 25.7 Å². The van der Waals surface area contributed by atoms with Crippen molar-refractivity contribution >= 4 is 30.8 Å². The van der Waals surface area contributed by atoms with Gasteiger partial charge in [0.25, 0.3) is 5.95 Å². The number of quaternary nitrogens is 1. The third kappa shape index (κ3) is 7.47. The van der Waals surface area contributed by atoms with Crippen LogP contribution in [0.25, 0.3) is 17.3 Å². The summed E-state index contributed by atoms with van der Waals surface area (Å²) in [5.74, 6) is -1.49. The average molecular weight is 482 g/mol. The van der Waals surface area contributed by atoms with Crippen LogP contribution in [0.2, 0.25) is 0 Å². The van der Waals surface area contributed by atoms with Gasteiger partial charge in [-0.05, 0) is 34.3 Å². The molecule has 3 atom stereocenters. The zero-order valence-corrected chi connectivity index (χ0v) is 19.8. The van der Waals surface area contributed by atoms with Gasteiger partial charge in [0.2, 0.25) is 0 Å². The molecule has 2 rings (SSSR count). The molecule has 1 aromatic carbocycles. The SMILES string of the molecule is CC(C)c1nc(N(C)[N+](C)(O)S)nc(-c2ccc(F)cc2)c1/C=C/C(O)CC(O)CC(=O)O. The maximum absolute atomic E-state index is 13.5. The van der Waals surface area contributed by atoms with Crippen molar-refractivity contribution < 1.29 is 33.9 Å². The van der Waals surface area contributed by atoms with E-state index in [1.165, 1.54) is 30.3 Å². The van der Waals surface area contributed by atoms with Crippen LogP contribution in [0.4, 0.5) is 10.3 Å². The Morgan fingerprint density at radius 3 is 2.36 bits per heavy atom. The lowest BCUT2D eigenvalue weighted by atomic mass is 9.97. The van der Waals surface area contributed by atoms with Gasteiger partial charge in [-0.15, -0.1) is 5.01 Å². The number of thiol groups is 1. The van der Waals surface area contributed by atoms with Crippen LogP contribution in [-0.4, -0.2) is 66.9 Å². The molecule has 0 saturated carbocycles. The van der Waals surface area contributed by atoms with E-state index in [0.717, 1.165) is 0 Å². The highest BCUT2D eigenvalue weighted by atomic mass is 32.1. The number of aliphatic hydroxyl groups excluding tert-OH is 2. The number of hydroxylamine groups is 1. The molecule has 33 heavy (non-hydrogen) atoms. The van der Waals surface area contributed by atoms with Crippen LogP contribution >= 0.6 is 12.8 Å². The van der Waals surface area contributed by atoms with Crippen LogP contribution in [0.15, 0.2) is 30.3 Å². The van der Waals surface area contributed by atoms with E-state index in [9.17, 15) is 24.6 Å². The van der Waals surface area contributed by atoms with E-state index in [4.69, 9.17) is 5.11 Å². The summed E-state index contributed by atoms with van der Waals surface area (Å²) in [6, 6.07) is 5.71. The van der Waals surface area contributed by atoms with Crippen molar-refractivity contribution in [2.75, 3.05) is 19.1 Å². The second-order valence-electron chi connectivity index (χ2n) is 8.14. The zero-order chi connectivity index (χ0) is 24.9. The number of carbonyl (C=O) groups is 1. The highest BCUT2D eigenvalue weighted by Crippen LogP contribution is 2.32. The predicted molar refractivity (Wildman–Crippen MR) is 125 cm³/mol. The number of rotatable bonds is 10. The van der Waals surface area contributed by atoms with Crippen LogP contribution in [0.3, 0.4) is 0 Å². The smallest absolute Gasteiger partial charge is 0.305 e. The Bertz CT molecular complexity index is 996. The van der Waals surface area contributed by atoms with E-state index in [0.29, 0.717) is 22.5 Å². The van der Waals surface area contributed by atoms with Crippen molar-refractivity contribution in [1.29, 1.82) is 0 Å². The van der Waals surface area contributed by atoms with E-state index < -0.39 is 34.6 Å². The van der Waals surface area contributed by atoms with Gasteiger partial charge in [-0.2, -0.15) is 5.21 Å². The predicted octanol–water partition coefficient (Wildman–Crippen LogP) is 3.04. The van der Waals surface area contributed by atoms with Gasteiger partial charge in [0.15, 0.2) is 0 Å². The zero-order valence-electron chi connectivity index (χ0n) is 18.9. The molecule has 11 heteroatoms.